The lowest BCUT2D eigenvalue weighted by Gasteiger charge is -2.40. The summed E-state index contributed by atoms with van der Waals surface area (Å²) < 4.78 is 5.52. The standard InChI is InChI=1S/C37H51N5O3/c1-7-42(32-14-12-31(13-15-32)40(5)6)35-22-30(29-10-8-28(9-11-29)24-41-16-18-45-19-17-41)21-33(27(35)4)36(43)38-23-34-25(2)20-26(3)39-37(34)44/h8-11,20-22,31-32H,7,12-19,23-24H2,1-6H3,(H,38,43)(H,39,44)/t31-,32-. The van der Waals surface area contributed by atoms with Crippen LogP contribution in [0.5, 0.6) is 5.88 Å². The molecule has 0 atom stereocenters. The molecule has 2 aromatic carbocycles. The van der Waals surface area contributed by atoms with Crippen molar-refractivity contribution in [1.82, 2.24) is 20.1 Å². The molecule has 2 heterocycles. The van der Waals surface area contributed by atoms with Crippen LogP contribution in [0.3, 0.4) is 0 Å². The summed E-state index contributed by atoms with van der Waals surface area (Å²) in [6, 6.07) is 16.1. The molecule has 8 heteroatoms. The Morgan fingerprint density at radius 2 is 1.64 bits per heavy atom. The zero-order valence-corrected chi connectivity index (χ0v) is 28.0. The number of morpholine rings is 1. The molecule has 1 amide bonds. The Morgan fingerprint density at radius 1 is 0.978 bits per heavy atom. The summed E-state index contributed by atoms with van der Waals surface area (Å²) in [6.07, 6.45) is 4.63. The molecule has 0 spiro atoms. The van der Waals surface area contributed by atoms with Gasteiger partial charge in [0.2, 0.25) is 5.88 Å². The summed E-state index contributed by atoms with van der Waals surface area (Å²) in [7, 11) is 4.36. The van der Waals surface area contributed by atoms with E-state index in [1.165, 1.54) is 18.4 Å². The molecule has 2 aliphatic rings. The number of ether oxygens (including phenoxy) is 1. The van der Waals surface area contributed by atoms with Crippen molar-refractivity contribution in [2.75, 3.05) is 51.8 Å². The number of anilines is 1. The number of carbonyl (C=O) groups is 1. The number of nitrogens with one attached hydrogen (secondary N) is 1. The first-order valence-corrected chi connectivity index (χ1v) is 16.6. The molecule has 1 aromatic heterocycles. The van der Waals surface area contributed by atoms with Crippen molar-refractivity contribution in [2.24, 2.45) is 0 Å². The normalized spacial score (nSPS) is 19.1. The number of rotatable bonds is 10. The van der Waals surface area contributed by atoms with Crippen LogP contribution in [0.2, 0.25) is 0 Å². The smallest absolute Gasteiger partial charge is 0.251 e. The zero-order chi connectivity index (χ0) is 32.1. The van der Waals surface area contributed by atoms with E-state index >= 15 is 0 Å². The maximum absolute atomic E-state index is 13.9. The molecule has 8 nitrogen and oxygen atoms in total. The number of aromatic hydroxyl groups is 1. The lowest BCUT2D eigenvalue weighted by Crippen LogP contribution is -2.42. The average Bonchev–Trinajstić information content (AvgIpc) is 3.02. The minimum Gasteiger partial charge on any atom is -0.493 e. The van der Waals surface area contributed by atoms with Crippen molar-refractivity contribution >= 4 is 11.6 Å². The van der Waals surface area contributed by atoms with Gasteiger partial charge in [0.15, 0.2) is 0 Å². The van der Waals surface area contributed by atoms with E-state index < -0.39 is 0 Å². The average molecular weight is 614 g/mol. The molecule has 2 fully saturated rings. The molecule has 1 aliphatic carbocycles. The van der Waals surface area contributed by atoms with Crippen LogP contribution in [-0.4, -0.2) is 84.8 Å². The molecule has 0 bridgehead atoms. The monoisotopic (exact) mass is 613 g/mol. The summed E-state index contributed by atoms with van der Waals surface area (Å²) in [5.74, 6) is -0.173. The molecule has 0 radical (unpaired) electrons. The van der Waals surface area contributed by atoms with Crippen molar-refractivity contribution in [3.05, 3.63) is 76.0 Å². The highest BCUT2D eigenvalue weighted by atomic mass is 16.5. The molecular weight excluding hydrogens is 562 g/mol. The molecule has 242 valence electrons. The maximum atomic E-state index is 13.9. The van der Waals surface area contributed by atoms with Gasteiger partial charge in [-0.25, -0.2) is 4.98 Å². The maximum Gasteiger partial charge on any atom is 0.251 e. The lowest BCUT2D eigenvalue weighted by molar-refractivity contribution is 0.0342. The highest BCUT2D eigenvalue weighted by Gasteiger charge is 2.28. The molecule has 0 unspecified atom stereocenters. The van der Waals surface area contributed by atoms with Gasteiger partial charge in [0.25, 0.3) is 5.91 Å². The van der Waals surface area contributed by atoms with Crippen molar-refractivity contribution in [1.29, 1.82) is 0 Å². The van der Waals surface area contributed by atoms with Gasteiger partial charge in [0.05, 0.1) is 13.2 Å². The fourth-order valence-corrected chi connectivity index (χ4v) is 7.06. The van der Waals surface area contributed by atoms with Crippen LogP contribution < -0.4 is 10.2 Å². The number of aryl methyl sites for hydroxylation is 2. The van der Waals surface area contributed by atoms with Crippen LogP contribution in [0.1, 0.15) is 70.9 Å². The van der Waals surface area contributed by atoms with Crippen LogP contribution >= 0.6 is 0 Å². The number of pyridine rings is 1. The molecule has 5 rings (SSSR count). The van der Waals surface area contributed by atoms with Crippen LogP contribution in [0.15, 0.2) is 42.5 Å². The third-order valence-corrected chi connectivity index (χ3v) is 9.79. The van der Waals surface area contributed by atoms with E-state index in [0.29, 0.717) is 23.2 Å². The van der Waals surface area contributed by atoms with Crippen LogP contribution in [0.25, 0.3) is 11.1 Å². The SMILES string of the molecule is CCN(c1cc(-c2ccc(CN3CCOCC3)cc2)cc(C(=O)NCc2c(C)cc(C)nc2O)c1C)[C@H]1CC[C@H](N(C)C)CC1. The van der Waals surface area contributed by atoms with Crippen LogP contribution in [0.4, 0.5) is 5.69 Å². The van der Waals surface area contributed by atoms with Crippen molar-refractivity contribution < 1.29 is 14.6 Å². The largest absolute Gasteiger partial charge is 0.493 e. The second kappa shape index (κ2) is 14.8. The molecular formula is C37H51N5O3. The number of hydrogen-bond donors (Lipinski definition) is 2. The first kappa shape index (κ1) is 32.9. The quantitative estimate of drug-likeness (QED) is 0.297. The number of carbonyl (C=O) groups excluding carboxylic acids is 1. The van der Waals surface area contributed by atoms with Gasteiger partial charge in [-0.05, 0) is 113 Å². The number of amides is 1. The van der Waals surface area contributed by atoms with Crippen molar-refractivity contribution in [3.8, 4) is 17.0 Å². The third-order valence-electron chi connectivity index (χ3n) is 9.79. The molecule has 2 N–H and O–H groups in total. The fraction of sp³-hybridized carbons (Fsp3) is 0.514. The Hall–Kier alpha value is -3.46. The van der Waals surface area contributed by atoms with Crippen LogP contribution in [0, 0.1) is 20.8 Å². The summed E-state index contributed by atoms with van der Waals surface area (Å²) in [5, 5.41) is 13.6. The number of nitrogens with zero attached hydrogens (tertiary/aromatic N) is 4. The van der Waals surface area contributed by atoms with Gasteiger partial charge >= 0.3 is 0 Å². The van der Waals surface area contributed by atoms with Crippen LogP contribution in [-0.2, 0) is 17.8 Å². The predicted molar refractivity (Wildman–Crippen MR) is 182 cm³/mol. The van der Waals surface area contributed by atoms with Gasteiger partial charge in [-0.1, -0.05) is 24.3 Å². The van der Waals surface area contributed by atoms with Gasteiger partial charge < -0.3 is 25.0 Å². The highest BCUT2D eigenvalue weighted by molar-refractivity contribution is 5.99. The Morgan fingerprint density at radius 3 is 2.27 bits per heavy atom. The first-order valence-electron chi connectivity index (χ1n) is 16.6. The van der Waals surface area contributed by atoms with E-state index in [2.05, 4.69) is 83.3 Å². The number of aromatic nitrogens is 1. The number of hydrogen-bond acceptors (Lipinski definition) is 7. The fourth-order valence-electron chi connectivity index (χ4n) is 7.06. The van der Waals surface area contributed by atoms with Gasteiger partial charge in [0.1, 0.15) is 0 Å². The summed E-state index contributed by atoms with van der Waals surface area (Å²) >= 11 is 0. The Balaban J connectivity index is 1.45. The van der Waals surface area contributed by atoms with Gasteiger partial charge in [0, 0.05) is 67.3 Å². The van der Waals surface area contributed by atoms with E-state index in [4.69, 9.17) is 4.74 Å². The van der Waals surface area contributed by atoms with E-state index in [1.807, 2.05) is 26.0 Å². The summed E-state index contributed by atoms with van der Waals surface area (Å²) in [6.45, 7) is 13.6. The lowest BCUT2D eigenvalue weighted by atomic mass is 9.88. The summed E-state index contributed by atoms with van der Waals surface area (Å²) in [4.78, 5) is 25.4. The van der Waals surface area contributed by atoms with Crippen molar-refractivity contribution in [2.45, 2.75) is 78.6 Å². The third kappa shape index (κ3) is 7.86. The highest BCUT2D eigenvalue weighted by Crippen LogP contribution is 2.36. The Kier molecular flexibility index (Phi) is 10.8. The Bertz CT molecular complexity index is 1430. The van der Waals surface area contributed by atoms with E-state index in [1.54, 1.807) is 0 Å². The second-order valence-electron chi connectivity index (χ2n) is 13.0. The van der Waals surface area contributed by atoms with Gasteiger partial charge in [-0.15, -0.1) is 0 Å². The van der Waals surface area contributed by atoms with Gasteiger partial charge in [-0.3, -0.25) is 9.69 Å². The van der Waals surface area contributed by atoms with E-state index in [9.17, 15) is 9.90 Å². The molecule has 3 aromatic rings. The van der Waals surface area contributed by atoms with Crippen molar-refractivity contribution in [3.63, 3.8) is 0 Å². The first-order chi connectivity index (χ1) is 21.6. The molecule has 1 aliphatic heterocycles. The van der Waals surface area contributed by atoms with Gasteiger partial charge in [-0.2, -0.15) is 0 Å². The summed E-state index contributed by atoms with van der Waals surface area (Å²) in [5.41, 5.74) is 8.50. The number of benzene rings is 2. The Labute approximate surface area is 269 Å². The minimum atomic E-state index is -0.147. The molecule has 1 saturated carbocycles. The van der Waals surface area contributed by atoms with E-state index in [0.717, 1.165) is 85.9 Å². The molecule has 1 saturated heterocycles. The topological polar surface area (TPSA) is 81.2 Å². The van der Waals surface area contributed by atoms with E-state index in [-0.39, 0.29) is 18.3 Å². The second-order valence-corrected chi connectivity index (χ2v) is 13.0. The minimum absolute atomic E-state index is 0.0263. The zero-order valence-electron chi connectivity index (χ0n) is 28.0. The predicted octanol–water partition coefficient (Wildman–Crippen LogP) is 5.84. The molecule has 45 heavy (non-hydrogen) atoms.